The van der Waals surface area contributed by atoms with Crippen molar-refractivity contribution < 1.29 is 9.90 Å². The first kappa shape index (κ1) is 17.4. The molecule has 1 N–H and O–H groups in total. The molecule has 6 heteroatoms. The third kappa shape index (κ3) is 3.49. The van der Waals surface area contributed by atoms with Crippen molar-refractivity contribution in [1.29, 1.82) is 0 Å². The van der Waals surface area contributed by atoms with Gasteiger partial charge in [-0.05, 0) is 51.8 Å². The van der Waals surface area contributed by atoms with Crippen molar-refractivity contribution in [2.24, 2.45) is 7.05 Å². The van der Waals surface area contributed by atoms with E-state index in [9.17, 15) is 9.90 Å². The quantitative estimate of drug-likeness (QED) is 0.893. The van der Waals surface area contributed by atoms with Gasteiger partial charge in [0.1, 0.15) is 0 Å². The molecule has 2 saturated heterocycles. The SMILES string of the molecule is Cc1nn(C)c(C)c1CCC(=O)N1C[C@H](O)[C@@H](N2CCCCC2)C1. The lowest BCUT2D eigenvalue weighted by molar-refractivity contribution is -0.130. The fourth-order valence-electron chi connectivity index (χ4n) is 4.15. The molecule has 2 aliphatic rings. The average Bonchev–Trinajstić information content (AvgIpc) is 3.07. The normalized spacial score (nSPS) is 25.4. The van der Waals surface area contributed by atoms with E-state index in [0.29, 0.717) is 19.5 Å². The summed E-state index contributed by atoms with van der Waals surface area (Å²) >= 11 is 0. The van der Waals surface area contributed by atoms with E-state index in [1.165, 1.54) is 24.8 Å². The van der Waals surface area contributed by atoms with Crippen molar-refractivity contribution in [3.05, 3.63) is 17.0 Å². The average molecular weight is 334 g/mol. The molecular weight excluding hydrogens is 304 g/mol. The Morgan fingerprint density at radius 3 is 2.54 bits per heavy atom. The standard InChI is InChI=1S/C18H30N4O2/c1-13-15(14(2)20(3)19-13)7-8-18(24)22-11-16(17(23)12-22)21-9-5-4-6-10-21/h16-17,23H,4-12H2,1-3H3/t16-,17-/m0/s1. The van der Waals surface area contributed by atoms with Crippen LogP contribution in [0.25, 0.3) is 0 Å². The molecular formula is C18H30N4O2. The molecule has 1 amide bonds. The van der Waals surface area contributed by atoms with E-state index in [-0.39, 0.29) is 11.9 Å². The molecule has 0 spiro atoms. The fraction of sp³-hybridized carbons (Fsp3) is 0.778. The highest BCUT2D eigenvalue weighted by Gasteiger charge is 2.37. The number of nitrogens with zero attached hydrogens (tertiary/aromatic N) is 4. The summed E-state index contributed by atoms with van der Waals surface area (Å²) in [6.07, 6.45) is 4.51. The van der Waals surface area contributed by atoms with E-state index >= 15 is 0 Å². The summed E-state index contributed by atoms with van der Waals surface area (Å²) < 4.78 is 1.88. The van der Waals surface area contributed by atoms with Gasteiger partial charge >= 0.3 is 0 Å². The summed E-state index contributed by atoms with van der Waals surface area (Å²) in [5.41, 5.74) is 3.32. The van der Waals surface area contributed by atoms with Crippen molar-refractivity contribution in [2.45, 2.75) is 58.1 Å². The van der Waals surface area contributed by atoms with Crippen molar-refractivity contribution in [2.75, 3.05) is 26.2 Å². The summed E-state index contributed by atoms with van der Waals surface area (Å²) in [6, 6.07) is 0.121. The third-order valence-corrected chi connectivity index (χ3v) is 5.72. The number of β-amino-alcohol motifs (C(OH)–C–C–N with tert-alkyl or cyclic N) is 1. The van der Waals surface area contributed by atoms with Crippen LogP contribution >= 0.6 is 0 Å². The largest absolute Gasteiger partial charge is 0.390 e. The lowest BCUT2D eigenvalue weighted by Gasteiger charge is -2.33. The van der Waals surface area contributed by atoms with Crippen LogP contribution < -0.4 is 0 Å². The van der Waals surface area contributed by atoms with E-state index in [2.05, 4.69) is 10.00 Å². The number of piperidine rings is 1. The molecule has 2 atom stereocenters. The van der Waals surface area contributed by atoms with Gasteiger partial charge in [0.2, 0.25) is 5.91 Å². The van der Waals surface area contributed by atoms with Gasteiger partial charge in [0, 0.05) is 32.3 Å². The molecule has 0 bridgehead atoms. The van der Waals surface area contributed by atoms with Gasteiger partial charge in [-0.25, -0.2) is 0 Å². The highest BCUT2D eigenvalue weighted by molar-refractivity contribution is 5.77. The van der Waals surface area contributed by atoms with Gasteiger partial charge in [-0.2, -0.15) is 5.10 Å². The number of rotatable bonds is 4. The van der Waals surface area contributed by atoms with Crippen LogP contribution in [0.15, 0.2) is 0 Å². The predicted molar refractivity (Wildman–Crippen MR) is 92.8 cm³/mol. The van der Waals surface area contributed by atoms with E-state index in [4.69, 9.17) is 0 Å². The van der Waals surface area contributed by atoms with Crippen molar-refractivity contribution >= 4 is 5.91 Å². The molecule has 3 heterocycles. The lowest BCUT2D eigenvalue weighted by atomic mass is 10.1. The van der Waals surface area contributed by atoms with Crippen LogP contribution in [0.4, 0.5) is 0 Å². The molecule has 2 fully saturated rings. The number of amides is 1. The maximum absolute atomic E-state index is 12.6. The summed E-state index contributed by atoms with van der Waals surface area (Å²) in [7, 11) is 1.94. The van der Waals surface area contributed by atoms with Gasteiger partial charge in [0.25, 0.3) is 0 Å². The topological polar surface area (TPSA) is 61.6 Å². The second-order valence-electron chi connectivity index (χ2n) is 7.30. The number of likely N-dealkylation sites (tertiary alicyclic amines) is 2. The van der Waals surface area contributed by atoms with E-state index in [0.717, 1.165) is 30.9 Å². The second kappa shape index (κ2) is 7.23. The Hall–Kier alpha value is -1.40. The Balaban J connectivity index is 1.56. The third-order valence-electron chi connectivity index (χ3n) is 5.72. The Kier molecular flexibility index (Phi) is 5.25. The zero-order valence-corrected chi connectivity index (χ0v) is 15.2. The van der Waals surface area contributed by atoms with Gasteiger partial charge in [-0.1, -0.05) is 6.42 Å². The molecule has 0 saturated carbocycles. The number of aromatic nitrogens is 2. The number of aliphatic hydroxyl groups is 1. The Morgan fingerprint density at radius 1 is 1.21 bits per heavy atom. The monoisotopic (exact) mass is 334 g/mol. The van der Waals surface area contributed by atoms with Crippen LogP contribution in [0.5, 0.6) is 0 Å². The molecule has 134 valence electrons. The summed E-state index contributed by atoms with van der Waals surface area (Å²) in [4.78, 5) is 16.8. The zero-order valence-electron chi connectivity index (χ0n) is 15.2. The van der Waals surface area contributed by atoms with Crippen molar-refractivity contribution in [1.82, 2.24) is 19.6 Å². The maximum Gasteiger partial charge on any atom is 0.223 e. The smallest absolute Gasteiger partial charge is 0.223 e. The van der Waals surface area contributed by atoms with E-state index < -0.39 is 6.10 Å². The van der Waals surface area contributed by atoms with Crippen LogP contribution in [-0.2, 0) is 18.3 Å². The Bertz CT molecular complexity index is 592. The van der Waals surface area contributed by atoms with Crippen LogP contribution in [0, 0.1) is 13.8 Å². The van der Waals surface area contributed by atoms with E-state index in [1.54, 1.807) is 0 Å². The van der Waals surface area contributed by atoms with Crippen LogP contribution in [0.1, 0.15) is 42.6 Å². The maximum atomic E-state index is 12.6. The number of aryl methyl sites for hydroxylation is 2. The summed E-state index contributed by atoms with van der Waals surface area (Å²) in [6.45, 7) is 7.30. The first-order valence-electron chi connectivity index (χ1n) is 9.16. The number of hydrogen-bond donors (Lipinski definition) is 1. The predicted octanol–water partition coefficient (Wildman–Crippen LogP) is 1.03. The first-order valence-corrected chi connectivity index (χ1v) is 9.16. The second-order valence-corrected chi connectivity index (χ2v) is 7.30. The van der Waals surface area contributed by atoms with Crippen molar-refractivity contribution in [3.63, 3.8) is 0 Å². The van der Waals surface area contributed by atoms with Gasteiger partial charge in [-0.15, -0.1) is 0 Å². The molecule has 0 aromatic carbocycles. The van der Waals surface area contributed by atoms with Crippen LogP contribution in [0.2, 0.25) is 0 Å². The molecule has 1 aromatic rings. The molecule has 6 nitrogen and oxygen atoms in total. The number of carbonyl (C=O) groups excluding carboxylic acids is 1. The fourth-order valence-corrected chi connectivity index (χ4v) is 4.15. The van der Waals surface area contributed by atoms with Crippen LogP contribution in [-0.4, -0.2) is 68.9 Å². The Labute approximate surface area is 144 Å². The van der Waals surface area contributed by atoms with Gasteiger partial charge in [0.05, 0.1) is 17.8 Å². The van der Waals surface area contributed by atoms with Gasteiger partial charge in [0.15, 0.2) is 0 Å². The molecule has 3 rings (SSSR count). The molecule has 2 aliphatic heterocycles. The first-order chi connectivity index (χ1) is 11.5. The van der Waals surface area contributed by atoms with E-state index in [1.807, 2.05) is 30.5 Å². The molecule has 0 aliphatic carbocycles. The van der Waals surface area contributed by atoms with Crippen molar-refractivity contribution in [3.8, 4) is 0 Å². The highest BCUT2D eigenvalue weighted by atomic mass is 16.3. The Morgan fingerprint density at radius 2 is 1.92 bits per heavy atom. The molecule has 0 radical (unpaired) electrons. The number of carbonyl (C=O) groups is 1. The van der Waals surface area contributed by atoms with Crippen LogP contribution in [0.3, 0.4) is 0 Å². The minimum absolute atomic E-state index is 0.121. The number of aliphatic hydroxyl groups excluding tert-OH is 1. The molecule has 24 heavy (non-hydrogen) atoms. The zero-order chi connectivity index (χ0) is 17.3. The summed E-state index contributed by atoms with van der Waals surface area (Å²) in [5.74, 6) is 0.149. The number of hydrogen-bond acceptors (Lipinski definition) is 4. The molecule has 1 aromatic heterocycles. The minimum atomic E-state index is -0.408. The van der Waals surface area contributed by atoms with Gasteiger partial charge in [-0.3, -0.25) is 14.4 Å². The molecule has 0 unspecified atom stereocenters. The lowest BCUT2D eigenvalue weighted by Crippen LogP contribution is -2.46. The summed E-state index contributed by atoms with van der Waals surface area (Å²) in [5, 5.41) is 14.8. The highest BCUT2D eigenvalue weighted by Crippen LogP contribution is 2.22. The minimum Gasteiger partial charge on any atom is -0.390 e. The van der Waals surface area contributed by atoms with Gasteiger partial charge < -0.3 is 10.0 Å².